The minimum Gasteiger partial charge on any atom is -0.481 e. The third-order valence-corrected chi connectivity index (χ3v) is 3.96. The SMILES string of the molecule is O=C(O)CCCNC(=O)N1CCN(c2ccc(F)cc2Cl)CC1. The fourth-order valence-electron chi connectivity index (χ4n) is 2.43. The largest absolute Gasteiger partial charge is 0.481 e. The number of carbonyl (C=O) groups excluding carboxylic acids is 1. The molecule has 1 heterocycles. The van der Waals surface area contributed by atoms with Gasteiger partial charge >= 0.3 is 12.0 Å². The van der Waals surface area contributed by atoms with Gasteiger partial charge in [0.2, 0.25) is 0 Å². The molecule has 2 N–H and O–H groups in total. The highest BCUT2D eigenvalue weighted by Crippen LogP contribution is 2.27. The number of halogens is 2. The normalized spacial score (nSPS) is 14.7. The van der Waals surface area contributed by atoms with Crippen molar-refractivity contribution in [1.29, 1.82) is 0 Å². The maximum absolute atomic E-state index is 13.1. The Hall–Kier alpha value is -2.02. The van der Waals surface area contributed by atoms with E-state index in [1.807, 2.05) is 4.90 Å². The molecular formula is C15H19ClFN3O3. The quantitative estimate of drug-likeness (QED) is 0.804. The van der Waals surface area contributed by atoms with Crippen molar-refractivity contribution in [1.82, 2.24) is 10.2 Å². The van der Waals surface area contributed by atoms with Gasteiger partial charge in [-0.1, -0.05) is 11.6 Å². The fourth-order valence-corrected chi connectivity index (χ4v) is 2.72. The van der Waals surface area contributed by atoms with Crippen molar-refractivity contribution in [3.8, 4) is 0 Å². The summed E-state index contributed by atoms with van der Waals surface area (Å²) < 4.78 is 13.1. The third-order valence-electron chi connectivity index (χ3n) is 3.66. The molecule has 0 aromatic heterocycles. The number of hydrogen-bond acceptors (Lipinski definition) is 3. The first-order valence-corrected chi connectivity index (χ1v) is 7.80. The van der Waals surface area contributed by atoms with Gasteiger partial charge < -0.3 is 20.2 Å². The first kappa shape index (κ1) is 17.3. The lowest BCUT2D eigenvalue weighted by atomic mass is 10.2. The molecule has 0 atom stereocenters. The summed E-state index contributed by atoms with van der Waals surface area (Å²) in [6, 6.07) is 4.08. The number of nitrogens with one attached hydrogen (secondary N) is 1. The second-order valence-electron chi connectivity index (χ2n) is 5.30. The van der Waals surface area contributed by atoms with Gasteiger partial charge in [0.05, 0.1) is 10.7 Å². The lowest BCUT2D eigenvalue weighted by Gasteiger charge is -2.36. The predicted molar refractivity (Wildman–Crippen MR) is 85.5 cm³/mol. The first-order valence-electron chi connectivity index (χ1n) is 7.42. The number of amides is 2. The fraction of sp³-hybridized carbons (Fsp3) is 0.467. The summed E-state index contributed by atoms with van der Waals surface area (Å²) in [5.74, 6) is -1.25. The van der Waals surface area contributed by atoms with Gasteiger partial charge in [-0.25, -0.2) is 9.18 Å². The molecule has 0 saturated carbocycles. The van der Waals surface area contributed by atoms with Crippen LogP contribution in [0, 0.1) is 5.82 Å². The van der Waals surface area contributed by atoms with Crippen molar-refractivity contribution in [3.63, 3.8) is 0 Å². The Morgan fingerprint density at radius 3 is 2.57 bits per heavy atom. The van der Waals surface area contributed by atoms with Gasteiger partial charge in [-0.2, -0.15) is 0 Å². The third kappa shape index (κ3) is 4.99. The topological polar surface area (TPSA) is 72.9 Å². The monoisotopic (exact) mass is 343 g/mol. The van der Waals surface area contributed by atoms with Crippen molar-refractivity contribution < 1.29 is 19.1 Å². The molecule has 1 aromatic carbocycles. The summed E-state index contributed by atoms with van der Waals surface area (Å²) in [6.45, 7) is 2.61. The molecule has 23 heavy (non-hydrogen) atoms. The number of carboxylic acids is 1. The zero-order valence-electron chi connectivity index (χ0n) is 12.6. The molecule has 1 aliphatic heterocycles. The minimum absolute atomic E-state index is 0.0388. The van der Waals surface area contributed by atoms with Gasteiger partial charge in [-0.3, -0.25) is 4.79 Å². The minimum atomic E-state index is -0.871. The first-order chi connectivity index (χ1) is 11.0. The van der Waals surface area contributed by atoms with Gasteiger partial charge in [0.15, 0.2) is 0 Å². The highest BCUT2D eigenvalue weighted by Gasteiger charge is 2.22. The maximum Gasteiger partial charge on any atom is 0.317 e. The van der Waals surface area contributed by atoms with Gasteiger partial charge in [0, 0.05) is 39.1 Å². The van der Waals surface area contributed by atoms with E-state index in [0.717, 1.165) is 5.69 Å². The zero-order valence-corrected chi connectivity index (χ0v) is 13.4. The van der Waals surface area contributed by atoms with Crippen molar-refractivity contribution in [2.24, 2.45) is 0 Å². The molecule has 0 spiro atoms. The van der Waals surface area contributed by atoms with E-state index in [1.165, 1.54) is 12.1 Å². The van der Waals surface area contributed by atoms with Gasteiger partial charge in [-0.05, 0) is 24.6 Å². The van der Waals surface area contributed by atoms with E-state index < -0.39 is 5.97 Å². The van der Waals surface area contributed by atoms with Crippen LogP contribution in [0.15, 0.2) is 18.2 Å². The molecule has 6 nitrogen and oxygen atoms in total. The van der Waals surface area contributed by atoms with Crippen LogP contribution in [0.1, 0.15) is 12.8 Å². The van der Waals surface area contributed by atoms with Crippen LogP contribution in [0.25, 0.3) is 0 Å². The molecule has 2 amide bonds. The zero-order chi connectivity index (χ0) is 16.8. The Balaban J connectivity index is 1.79. The smallest absolute Gasteiger partial charge is 0.317 e. The molecule has 8 heteroatoms. The van der Waals surface area contributed by atoms with E-state index in [1.54, 1.807) is 11.0 Å². The van der Waals surface area contributed by atoms with E-state index in [-0.39, 0.29) is 18.3 Å². The Bertz CT molecular complexity index is 577. The number of benzene rings is 1. The summed E-state index contributed by atoms with van der Waals surface area (Å²) in [5.41, 5.74) is 0.759. The molecule has 2 rings (SSSR count). The summed E-state index contributed by atoms with van der Waals surface area (Å²) >= 11 is 6.05. The van der Waals surface area contributed by atoms with Crippen LogP contribution in [-0.2, 0) is 4.79 Å². The van der Waals surface area contributed by atoms with Crippen LogP contribution in [0.3, 0.4) is 0 Å². The van der Waals surface area contributed by atoms with Crippen LogP contribution >= 0.6 is 11.6 Å². The summed E-state index contributed by atoms with van der Waals surface area (Å²) in [5, 5.41) is 11.6. The molecule has 0 aliphatic carbocycles. The van der Waals surface area contributed by atoms with E-state index in [0.29, 0.717) is 44.2 Å². The maximum atomic E-state index is 13.1. The Kier molecular flexibility index (Phi) is 6.04. The average molecular weight is 344 g/mol. The van der Waals surface area contributed by atoms with Crippen LogP contribution < -0.4 is 10.2 Å². The van der Waals surface area contributed by atoms with Crippen molar-refractivity contribution >= 4 is 29.3 Å². The summed E-state index contributed by atoms with van der Waals surface area (Å²) in [7, 11) is 0. The van der Waals surface area contributed by atoms with Crippen LogP contribution in [0.2, 0.25) is 5.02 Å². The molecule has 1 aromatic rings. The van der Waals surface area contributed by atoms with Gasteiger partial charge in [0.25, 0.3) is 0 Å². The second-order valence-corrected chi connectivity index (χ2v) is 5.71. The molecule has 1 fully saturated rings. The summed E-state index contributed by atoms with van der Waals surface area (Å²) in [6.07, 6.45) is 0.448. The van der Waals surface area contributed by atoms with E-state index >= 15 is 0 Å². The Labute approximate surface area is 138 Å². The number of carbonyl (C=O) groups is 2. The second kappa shape index (κ2) is 8.01. The number of nitrogens with zero attached hydrogens (tertiary/aromatic N) is 2. The lowest BCUT2D eigenvalue weighted by molar-refractivity contribution is -0.137. The van der Waals surface area contributed by atoms with Crippen molar-refractivity contribution in [2.45, 2.75) is 12.8 Å². The summed E-state index contributed by atoms with van der Waals surface area (Å²) in [4.78, 5) is 26.1. The van der Waals surface area contributed by atoms with Gasteiger partial charge in [0.1, 0.15) is 5.82 Å². The van der Waals surface area contributed by atoms with Crippen LogP contribution in [-0.4, -0.2) is 54.7 Å². The number of hydrogen-bond donors (Lipinski definition) is 2. The Morgan fingerprint density at radius 1 is 1.26 bits per heavy atom. The predicted octanol–water partition coefficient (Wildman–Crippen LogP) is 2.18. The standard InChI is InChI=1S/C15H19ClFN3O3/c16-12-10-11(17)3-4-13(12)19-6-8-20(9-7-19)15(23)18-5-1-2-14(21)22/h3-4,10H,1-2,5-9H2,(H,18,23)(H,21,22). The number of anilines is 1. The molecule has 0 bridgehead atoms. The van der Waals surface area contributed by atoms with Crippen LogP contribution in [0.4, 0.5) is 14.9 Å². The van der Waals surface area contributed by atoms with E-state index in [9.17, 15) is 14.0 Å². The van der Waals surface area contributed by atoms with Gasteiger partial charge in [-0.15, -0.1) is 0 Å². The lowest BCUT2D eigenvalue weighted by Crippen LogP contribution is -2.52. The molecule has 1 saturated heterocycles. The average Bonchev–Trinajstić information content (AvgIpc) is 2.51. The molecule has 0 radical (unpaired) electrons. The molecule has 1 aliphatic rings. The molecule has 0 unspecified atom stereocenters. The number of urea groups is 1. The Morgan fingerprint density at radius 2 is 1.96 bits per heavy atom. The van der Waals surface area contributed by atoms with E-state index in [4.69, 9.17) is 16.7 Å². The van der Waals surface area contributed by atoms with Crippen LogP contribution in [0.5, 0.6) is 0 Å². The number of aliphatic carboxylic acids is 1. The molecule has 126 valence electrons. The number of piperazine rings is 1. The number of rotatable bonds is 5. The molecular weight excluding hydrogens is 325 g/mol. The highest BCUT2D eigenvalue weighted by atomic mass is 35.5. The van der Waals surface area contributed by atoms with Crippen molar-refractivity contribution in [3.05, 3.63) is 29.0 Å². The highest BCUT2D eigenvalue weighted by molar-refractivity contribution is 6.33. The number of carboxylic acid groups (broad SMARTS) is 1. The van der Waals surface area contributed by atoms with Crippen molar-refractivity contribution in [2.75, 3.05) is 37.6 Å². The van der Waals surface area contributed by atoms with E-state index in [2.05, 4.69) is 5.32 Å².